The normalized spacial score (nSPS) is 18.0. The van der Waals surface area contributed by atoms with Gasteiger partial charge in [-0.1, -0.05) is 29.3 Å². The van der Waals surface area contributed by atoms with Gasteiger partial charge in [0.1, 0.15) is 17.7 Å². The Kier molecular flexibility index (Phi) is 6.58. The molecule has 0 saturated heterocycles. The molecule has 180 valence electrons. The quantitative estimate of drug-likeness (QED) is 0.302. The highest BCUT2D eigenvalue weighted by Crippen LogP contribution is 2.32. The van der Waals surface area contributed by atoms with E-state index in [1.807, 2.05) is 0 Å². The second-order valence-corrected chi connectivity index (χ2v) is 9.49. The van der Waals surface area contributed by atoms with Crippen molar-refractivity contribution in [2.24, 2.45) is 5.92 Å². The minimum Gasteiger partial charge on any atom is -0.481 e. The van der Waals surface area contributed by atoms with E-state index in [1.54, 1.807) is 36.7 Å². The first-order valence-electron chi connectivity index (χ1n) is 11.2. The number of hydrogen-bond donors (Lipinski definition) is 2. The van der Waals surface area contributed by atoms with E-state index >= 15 is 0 Å². The molecule has 2 aromatic heterocycles. The lowest BCUT2D eigenvalue weighted by molar-refractivity contribution is -0.138. The van der Waals surface area contributed by atoms with Crippen molar-refractivity contribution in [1.82, 2.24) is 19.9 Å². The van der Waals surface area contributed by atoms with Crippen molar-refractivity contribution in [3.05, 3.63) is 58.6 Å². The Morgan fingerprint density at radius 2 is 1.77 bits per heavy atom. The van der Waals surface area contributed by atoms with Gasteiger partial charge in [0.25, 0.3) is 0 Å². The second-order valence-electron chi connectivity index (χ2n) is 8.68. The Labute approximate surface area is 210 Å². The van der Waals surface area contributed by atoms with Crippen molar-refractivity contribution in [1.29, 1.82) is 0 Å². The Balaban J connectivity index is 1.27. The fourth-order valence-corrected chi connectivity index (χ4v) is 4.72. The third kappa shape index (κ3) is 5.23. The summed E-state index contributed by atoms with van der Waals surface area (Å²) in [5.41, 5.74) is 2.84. The average Bonchev–Trinajstić information content (AvgIpc) is 3.23. The van der Waals surface area contributed by atoms with Crippen molar-refractivity contribution < 1.29 is 19.0 Å². The van der Waals surface area contributed by atoms with E-state index in [1.165, 1.54) is 6.07 Å². The number of aliphatic carboxylic acids is 1. The van der Waals surface area contributed by atoms with Gasteiger partial charge in [0, 0.05) is 24.4 Å². The van der Waals surface area contributed by atoms with Crippen LogP contribution in [0.2, 0.25) is 10.0 Å². The molecule has 2 N–H and O–H groups in total. The number of nitrogens with zero attached hydrogens (tertiary/aromatic N) is 3. The van der Waals surface area contributed by atoms with E-state index < -0.39 is 11.8 Å². The van der Waals surface area contributed by atoms with Gasteiger partial charge in [0.15, 0.2) is 0 Å². The number of benzene rings is 2. The van der Waals surface area contributed by atoms with Crippen molar-refractivity contribution in [2.75, 3.05) is 0 Å². The summed E-state index contributed by atoms with van der Waals surface area (Å²) < 4.78 is 20.9. The van der Waals surface area contributed by atoms with Crippen LogP contribution in [0.15, 0.2) is 42.7 Å². The molecule has 5 rings (SSSR count). The lowest BCUT2D eigenvalue weighted by atomic mass is 9.85. The summed E-state index contributed by atoms with van der Waals surface area (Å²) in [6, 6.07) is 8.37. The third-order valence-corrected chi connectivity index (χ3v) is 6.96. The summed E-state index contributed by atoms with van der Waals surface area (Å²) in [6.45, 7) is 0. The molecule has 35 heavy (non-hydrogen) atoms. The summed E-state index contributed by atoms with van der Waals surface area (Å²) in [5, 5.41) is 9.71. The first kappa shape index (κ1) is 23.5. The first-order valence-corrected chi connectivity index (χ1v) is 12.0. The molecule has 1 fully saturated rings. The Morgan fingerprint density at radius 3 is 2.46 bits per heavy atom. The van der Waals surface area contributed by atoms with Crippen molar-refractivity contribution in [3.8, 4) is 28.5 Å². The van der Waals surface area contributed by atoms with Gasteiger partial charge in [0.2, 0.25) is 0 Å². The molecule has 2 heterocycles. The zero-order valence-corrected chi connectivity index (χ0v) is 20.0. The van der Waals surface area contributed by atoms with Gasteiger partial charge >= 0.3 is 12.0 Å². The number of rotatable bonds is 6. The fourth-order valence-electron chi connectivity index (χ4n) is 4.40. The molecular weight excluding hydrogens is 494 g/mol. The van der Waals surface area contributed by atoms with Gasteiger partial charge in [-0.25, -0.2) is 19.3 Å². The van der Waals surface area contributed by atoms with Crippen molar-refractivity contribution in [3.63, 3.8) is 0 Å². The van der Waals surface area contributed by atoms with E-state index in [0.29, 0.717) is 43.6 Å². The number of imidazole rings is 1. The van der Waals surface area contributed by atoms with E-state index in [0.717, 1.165) is 25.7 Å². The zero-order valence-electron chi connectivity index (χ0n) is 18.5. The van der Waals surface area contributed by atoms with Crippen LogP contribution in [0.1, 0.15) is 32.1 Å². The van der Waals surface area contributed by atoms with Crippen LogP contribution < -0.4 is 4.74 Å². The number of carbonyl (C=O) groups is 1. The molecule has 2 aromatic carbocycles. The number of aromatic nitrogens is 4. The molecule has 0 bridgehead atoms. The van der Waals surface area contributed by atoms with Gasteiger partial charge in [0.05, 0.1) is 26.6 Å². The van der Waals surface area contributed by atoms with Gasteiger partial charge in [-0.15, -0.1) is 0 Å². The number of hydrogen-bond acceptors (Lipinski definition) is 5. The summed E-state index contributed by atoms with van der Waals surface area (Å²) in [4.78, 5) is 26.9. The monoisotopic (exact) mass is 514 g/mol. The highest BCUT2D eigenvalue weighted by Gasteiger charge is 2.24. The second kappa shape index (κ2) is 9.79. The highest BCUT2D eigenvalue weighted by molar-refractivity contribution is 6.42. The van der Waals surface area contributed by atoms with Gasteiger partial charge in [-0.2, -0.15) is 0 Å². The lowest BCUT2D eigenvalue weighted by Gasteiger charge is -2.27. The number of aromatic amines is 1. The third-order valence-electron chi connectivity index (χ3n) is 6.24. The van der Waals surface area contributed by atoms with Crippen LogP contribution in [0.5, 0.6) is 6.01 Å². The predicted molar refractivity (Wildman–Crippen MR) is 131 cm³/mol. The Hall–Kier alpha value is -3.23. The molecule has 0 unspecified atom stereocenters. The van der Waals surface area contributed by atoms with E-state index in [2.05, 4.69) is 19.9 Å². The molecule has 4 aromatic rings. The smallest absolute Gasteiger partial charge is 0.316 e. The predicted octanol–water partition coefficient (Wildman–Crippen LogP) is 6.55. The average molecular weight is 515 g/mol. The standard InChI is InChI=1S/C25H21Cl2FN4O3/c26-18-9-21-22(10-19(18)27)32-24(31-21)17-6-3-14(8-20(17)28)15-11-29-25(30-12-15)35-16-4-1-13(2-5-16)7-23(33)34/h3,6,8-13,16H,1-2,4-5,7H2,(H,31,32)(H,33,34). The molecule has 0 radical (unpaired) electrons. The largest absolute Gasteiger partial charge is 0.481 e. The minimum atomic E-state index is -0.759. The van der Waals surface area contributed by atoms with Crippen LogP contribution in [0.4, 0.5) is 4.39 Å². The maximum Gasteiger partial charge on any atom is 0.316 e. The van der Waals surface area contributed by atoms with Crippen LogP contribution in [0.25, 0.3) is 33.5 Å². The molecule has 0 atom stereocenters. The van der Waals surface area contributed by atoms with Gasteiger partial charge in [-0.05, 0) is 61.4 Å². The number of ether oxygens (including phenoxy) is 1. The topological polar surface area (TPSA) is 101 Å². The van der Waals surface area contributed by atoms with Gasteiger partial charge in [-0.3, -0.25) is 4.79 Å². The maximum absolute atomic E-state index is 15.0. The van der Waals surface area contributed by atoms with E-state index in [-0.39, 0.29) is 24.5 Å². The van der Waals surface area contributed by atoms with Crippen LogP contribution in [0, 0.1) is 11.7 Å². The van der Waals surface area contributed by atoms with Crippen molar-refractivity contribution >= 4 is 40.2 Å². The minimum absolute atomic E-state index is 0.0313. The number of carboxylic acids is 1. The molecule has 0 aliphatic heterocycles. The number of halogens is 3. The Bertz CT molecular complexity index is 1350. The highest BCUT2D eigenvalue weighted by atomic mass is 35.5. The summed E-state index contributed by atoms with van der Waals surface area (Å²) in [7, 11) is 0. The lowest BCUT2D eigenvalue weighted by Crippen LogP contribution is -2.25. The van der Waals surface area contributed by atoms with Crippen molar-refractivity contribution in [2.45, 2.75) is 38.2 Å². The summed E-state index contributed by atoms with van der Waals surface area (Å²) in [5.74, 6) is -0.633. The number of nitrogens with one attached hydrogen (secondary N) is 1. The molecule has 0 amide bonds. The van der Waals surface area contributed by atoms with E-state index in [9.17, 15) is 9.18 Å². The Morgan fingerprint density at radius 1 is 1.06 bits per heavy atom. The van der Waals surface area contributed by atoms with Crippen LogP contribution >= 0.6 is 23.2 Å². The summed E-state index contributed by atoms with van der Waals surface area (Å²) >= 11 is 12.1. The molecule has 1 saturated carbocycles. The SMILES string of the molecule is O=C(O)CC1CCC(Oc2ncc(-c3ccc(-c4nc5cc(Cl)c(Cl)cc5[nH]4)c(F)c3)cn2)CC1. The van der Waals surface area contributed by atoms with Crippen LogP contribution in [0.3, 0.4) is 0 Å². The molecule has 7 nitrogen and oxygen atoms in total. The molecule has 1 aliphatic rings. The molecule has 0 spiro atoms. The molecule has 1 aliphatic carbocycles. The van der Waals surface area contributed by atoms with E-state index in [4.69, 9.17) is 33.0 Å². The number of H-pyrrole nitrogens is 1. The number of fused-ring (bicyclic) bond motifs is 1. The van der Waals surface area contributed by atoms with Gasteiger partial charge < -0.3 is 14.8 Å². The maximum atomic E-state index is 15.0. The number of carboxylic acid groups (broad SMARTS) is 1. The molecule has 10 heteroatoms. The van der Waals surface area contributed by atoms with Crippen LogP contribution in [-0.2, 0) is 4.79 Å². The summed E-state index contributed by atoms with van der Waals surface area (Å²) in [6.07, 6.45) is 6.53. The zero-order chi connectivity index (χ0) is 24.5. The fraction of sp³-hybridized carbons (Fsp3) is 0.280. The first-order chi connectivity index (χ1) is 16.9. The molecular formula is C25H21Cl2FN4O3. The van der Waals surface area contributed by atoms with Crippen LogP contribution in [-0.4, -0.2) is 37.1 Å².